The quantitative estimate of drug-likeness (QED) is 0.759. The highest BCUT2D eigenvalue weighted by atomic mass is 16.5. The lowest BCUT2D eigenvalue weighted by atomic mass is 9.90. The molecular weight excluding hydrogens is 212 g/mol. The molecular formula is C14H28N2O. The summed E-state index contributed by atoms with van der Waals surface area (Å²) in [7, 11) is 0. The van der Waals surface area contributed by atoms with Crippen LogP contribution < -0.4 is 5.32 Å². The predicted octanol–water partition coefficient (Wildman–Crippen LogP) is 2.02. The Labute approximate surface area is 106 Å². The normalized spacial score (nSPS) is 45.5. The van der Waals surface area contributed by atoms with Gasteiger partial charge in [-0.1, -0.05) is 0 Å². The zero-order valence-electron chi connectivity index (χ0n) is 11.8. The Kier molecular flexibility index (Phi) is 4.11. The topological polar surface area (TPSA) is 24.5 Å². The lowest BCUT2D eigenvalue weighted by Crippen LogP contribution is -2.55. The van der Waals surface area contributed by atoms with Crippen LogP contribution in [-0.2, 0) is 4.74 Å². The molecule has 2 saturated heterocycles. The fraction of sp³-hybridized carbons (Fsp3) is 1.00. The average Bonchev–Trinajstić information content (AvgIpc) is 2.57. The van der Waals surface area contributed by atoms with Gasteiger partial charge in [-0.3, -0.25) is 4.90 Å². The number of hydrogen-bond acceptors (Lipinski definition) is 3. The summed E-state index contributed by atoms with van der Waals surface area (Å²) in [6, 6.07) is 1.27. The van der Waals surface area contributed by atoms with Gasteiger partial charge in [-0.05, 0) is 47.0 Å². The van der Waals surface area contributed by atoms with Crippen LogP contribution in [0.1, 0.15) is 47.0 Å². The van der Waals surface area contributed by atoms with Gasteiger partial charge in [0.25, 0.3) is 0 Å². The maximum atomic E-state index is 5.79. The molecule has 0 saturated carbocycles. The van der Waals surface area contributed by atoms with E-state index in [1.54, 1.807) is 0 Å². The van der Waals surface area contributed by atoms with Gasteiger partial charge >= 0.3 is 0 Å². The van der Waals surface area contributed by atoms with E-state index in [9.17, 15) is 0 Å². The van der Waals surface area contributed by atoms with Gasteiger partial charge in [0.2, 0.25) is 0 Å². The molecule has 2 aliphatic heterocycles. The summed E-state index contributed by atoms with van der Waals surface area (Å²) in [6.45, 7) is 12.5. The van der Waals surface area contributed by atoms with E-state index in [4.69, 9.17) is 4.74 Å². The summed E-state index contributed by atoms with van der Waals surface area (Å²) in [4.78, 5) is 2.68. The maximum absolute atomic E-state index is 5.79. The van der Waals surface area contributed by atoms with Crippen LogP contribution in [0.4, 0.5) is 0 Å². The minimum atomic E-state index is 0.261. The Morgan fingerprint density at radius 2 is 1.71 bits per heavy atom. The highest BCUT2D eigenvalue weighted by Crippen LogP contribution is 2.32. The highest BCUT2D eigenvalue weighted by Gasteiger charge is 2.42. The first kappa shape index (κ1) is 13.3. The second-order valence-corrected chi connectivity index (χ2v) is 6.15. The molecule has 4 atom stereocenters. The lowest BCUT2D eigenvalue weighted by Gasteiger charge is -2.43. The molecule has 1 N–H and O–H groups in total. The summed E-state index contributed by atoms with van der Waals surface area (Å²) >= 11 is 0. The Balaban J connectivity index is 2.03. The van der Waals surface area contributed by atoms with Gasteiger partial charge in [0.15, 0.2) is 0 Å². The van der Waals surface area contributed by atoms with E-state index >= 15 is 0 Å². The SMILES string of the molecule is CC1CCN(C2(C)CCOC2C)CCC(C)N1. The number of hydrogen-bond donors (Lipinski definition) is 1. The van der Waals surface area contributed by atoms with Gasteiger partial charge in [-0.25, -0.2) is 0 Å². The monoisotopic (exact) mass is 240 g/mol. The Bertz CT molecular complexity index is 247. The Hall–Kier alpha value is -0.120. The van der Waals surface area contributed by atoms with Crippen LogP contribution in [0.5, 0.6) is 0 Å². The van der Waals surface area contributed by atoms with E-state index in [1.165, 1.54) is 32.4 Å². The molecule has 0 spiro atoms. The van der Waals surface area contributed by atoms with Crippen LogP contribution in [0.2, 0.25) is 0 Å². The van der Waals surface area contributed by atoms with Crippen molar-refractivity contribution in [3.05, 3.63) is 0 Å². The zero-order valence-corrected chi connectivity index (χ0v) is 11.8. The Morgan fingerprint density at radius 1 is 1.12 bits per heavy atom. The molecule has 3 nitrogen and oxygen atoms in total. The molecule has 0 aliphatic carbocycles. The first-order valence-corrected chi connectivity index (χ1v) is 7.15. The van der Waals surface area contributed by atoms with Crippen LogP contribution in [0.15, 0.2) is 0 Å². The molecule has 3 heteroatoms. The van der Waals surface area contributed by atoms with E-state index in [0.29, 0.717) is 18.2 Å². The van der Waals surface area contributed by atoms with Gasteiger partial charge in [-0.15, -0.1) is 0 Å². The van der Waals surface area contributed by atoms with E-state index in [1.807, 2.05) is 0 Å². The maximum Gasteiger partial charge on any atom is 0.0728 e. The van der Waals surface area contributed by atoms with Crippen molar-refractivity contribution < 1.29 is 4.74 Å². The van der Waals surface area contributed by atoms with E-state index < -0.39 is 0 Å². The van der Waals surface area contributed by atoms with Crippen molar-refractivity contribution in [2.75, 3.05) is 19.7 Å². The van der Waals surface area contributed by atoms with Gasteiger partial charge in [0.05, 0.1) is 6.10 Å². The smallest absolute Gasteiger partial charge is 0.0728 e. The molecule has 0 radical (unpaired) electrons. The predicted molar refractivity (Wildman–Crippen MR) is 71.3 cm³/mol. The molecule has 17 heavy (non-hydrogen) atoms. The standard InChI is InChI=1S/C14H28N2O/c1-11-5-8-16(9-6-12(2)15-11)14(4)7-10-17-13(14)3/h11-13,15H,5-10H2,1-4H3. The summed E-state index contributed by atoms with van der Waals surface area (Å²) in [6.07, 6.45) is 4.05. The number of nitrogens with zero attached hydrogens (tertiary/aromatic N) is 1. The van der Waals surface area contributed by atoms with Crippen molar-refractivity contribution in [2.24, 2.45) is 0 Å². The van der Waals surface area contributed by atoms with Crippen molar-refractivity contribution >= 4 is 0 Å². The molecule has 2 fully saturated rings. The highest BCUT2D eigenvalue weighted by molar-refractivity contribution is 4.96. The second-order valence-electron chi connectivity index (χ2n) is 6.15. The summed E-state index contributed by atoms with van der Waals surface area (Å²) in [5, 5.41) is 3.66. The van der Waals surface area contributed by atoms with Gasteiger partial charge < -0.3 is 10.1 Å². The van der Waals surface area contributed by atoms with Crippen molar-refractivity contribution in [3.8, 4) is 0 Å². The third kappa shape index (κ3) is 2.83. The molecule has 100 valence electrons. The van der Waals surface area contributed by atoms with Crippen molar-refractivity contribution in [1.82, 2.24) is 10.2 Å². The molecule has 2 aliphatic rings. The minimum Gasteiger partial charge on any atom is -0.377 e. The van der Waals surface area contributed by atoms with Crippen molar-refractivity contribution in [3.63, 3.8) is 0 Å². The molecule has 0 aromatic heterocycles. The molecule has 4 unspecified atom stereocenters. The summed E-state index contributed by atoms with van der Waals surface area (Å²) in [5.41, 5.74) is 0.261. The first-order valence-electron chi connectivity index (χ1n) is 7.15. The van der Waals surface area contributed by atoms with Crippen molar-refractivity contribution in [2.45, 2.75) is 70.7 Å². The number of nitrogens with one attached hydrogen (secondary N) is 1. The summed E-state index contributed by atoms with van der Waals surface area (Å²) < 4.78 is 5.79. The fourth-order valence-electron chi connectivity index (χ4n) is 3.21. The van der Waals surface area contributed by atoms with E-state index in [2.05, 4.69) is 37.9 Å². The third-order valence-electron chi connectivity index (χ3n) is 4.81. The third-order valence-corrected chi connectivity index (χ3v) is 4.81. The van der Waals surface area contributed by atoms with Crippen LogP contribution in [-0.4, -0.2) is 48.3 Å². The number of ether oxygens (including phenoxy) is 1. The molecule has 0 amide bonds. The molecule has 2 rings (SSSR count). The van der Waals surface area contributed by atoms with E-state index in [-0.39, 0.29) is 5.54 Å². The zero-order chi connectivity index (χ0) is 12.5. The van der Waals surface area contributed by atoms with Crippen LogP contribution in [0.25, 0.3) is 0 Å². The molecule has 0 aromatic rings. The second kappa shape index (κ2) is 5.25. The molecule has 0 bridgehead atoms. The van der Waals surface area contributed by atoms with Gasteiger partial charge in [0, 0.05) is 37.3 Å². The van der Waals surface area contributed by atoms with Gasteiger partial charge in [-0.2, -0.15) is 0 Å². The first-order chi connectivity index (χ1) is 8.02. The molecule has 2 heterocycles. The summed E-state index contributed by atoms with van der Waals surface area (Å²) in [5.74, 6) is 0. The lowest BCUT2D eigenvalue weighted by molar-refractivity contribution is 0.0130. The fourth-order valence-corrected chi connectivity index (χ4v) is 3.21. The average molecular weight is 240 g/mol. The van der Waals surface area contributed by atoms with E-state index in [0.717, 1.165) is 6.61 Å². The minimum absolute atomic E-state index is 0.261. The Morgan fingerprint density at radius 3 is 2.18 bits per heavy atom. The van der Waals surface area contributed by atoms with Crippen LogP contribution in [0.3, 0.4) is 0 Å². The van der Waals surface area contributed by atoms with Gasteiger partial charge in [0.1, 0.15) is 0 Å². The van der Waals surface area contributed by atoms with Crippen LogP contribution in [0, 0.1) is 0 Å². The van der Waals surface area contributed by atoms with Crippen molar-refractivity contribution in [1.29, 1.82) is 0 Å². The molecule has 0 aromatic carbocycles. The largest absolute Gasteiger partial charge is 0.377 e. The van der Waals surface area contributed by atoms with Crippen LogP contribution >= 0.6 is 0 Å². The number of rotatable bonds is 1.